The van der Waals surface area contributed by atoms with Crippen molar-refractivity contribution in [3.63, 3.8) is 0 Å². The number of nitrogens with one attached hydrogen (secondary N) is 1. The Hall–Kier alpha value is -2.11. The maximum absolute atomic E-state index is 12.9. The van der Waals surface area contributed by atoms with Crippen LogP contribution in [0, 0.1) is 12.8 Å². The van der Waals surface area contributed by atoms with Crippen LogP contribution in [0.5, 0.6) is 0 Å². The van der Waals surface area contributed by atoms with E-state index in [0.29, 0.717) is 12.0 Å². The number of hydrogen-bond acceptors (Lipinski definition) is 3. The van der Waals surface area contributed by atoms with Crippen LogP contribution < -0.4 is 5.32 Å². The highest BCUT2D eigenvalue weighted by molar-refractivity contribution is 5.92. The number of likely N-dealkylation sites (tertiary alicyclic amines) is 1. The first-order valence-corrected chi connectivity index (χ1v) is 9.50. The van der Waals surface area contributed by atoms with E-state index in [1.165, 1.54) is 32.1 Å². The van der Waals surface area contributed by atoms with E-state index in [0.717, 1.165) is 41.8 Å². The van der Waals surface area contributed by atoms with Crippen LogP contribution in [0.4, 0.5) is 10.5 Å². The molecule has 0 bridgehead atoms. The van der Waals surface area contributed by atoms with Gasteiger partial charge in [0.2, 0.25) is 0 Å². The summed E-state index contributed by atoms with van der Waals surface area (Å²) in [4.78, 5) is 19.4. The number of urea groups is 1. The number of hydrogen-bond donors (Lipinski definition) is 1. The molecular weight excluding hydrogens is 314 g/mol. The highest BCUT2D eigenvalue weighted by Crippen LogP contribution is 2.34. The Morgan fingerprint density at radius 2 is 2.00 bits per heavy atom. The molecule has 6 nitrogen and oxygen atoms in total. The summed E-state index contributed by atoms with van der Waals surface area (Å²) in [6.45, 7) is 2.84. The average Bonchev–Trinajstić information content (AvgIpc) is 3.21. The second-order valence-corrected chi connectivity index (χ2v) is 7.54. The summed E-state index contributed by atoms with van der Waals surface area (Å²) < 4.78 is 1.77. The predicted molar refractivity (Wildman–Crippen MR) is 98.6 cm³/mol. The maximum atomic E-state index is 12.9. The Labute approximate surface area is 148 Å². The molecule has 2 aromatic rings. The molecule has 2 fully saturated rings. The Morgan fingerprint density at radius 3 is 2.80 bits per heavy atom. The second-order valence-electron chi connectivity index (χ2n) is 7.54. The standard InChI is InChI=1S/C19H27N5O/c1-13-16-11-15(12-20-18(16)23(2)22-13)21-19(25)24-10-6-9-17(24)14-7-4-3-5-8-14/h11-12,14,17H,3-10H2,1-2H3,(H,21,25). The highest BCUT2D eigenvalue weighted by Gasteiger charge is 2.35. The lowest BCUT2D eigenvalue weighted by atomic mass is 9.83. The maximum Gasteiger partial charge on any atom is 0.322 e. The molecule has 1 atom stereocenters. The molecule has 1 saturated heterocycles. The van der Waals surface area contributed by atoms with Crippen molar-refractivity contribution in [2.24, 2.45) is 13.0 Å². The van der Waals surface area contributed by atoms with Crippen molar-refractivity contribution in [2.75, 3.05) is 11.9 Å². The number of carbonyl (C=O) groups excluding carboxylic acids is 1. The van der Waals surface area contributed by atoms with Gasteiger partial charge in [0.05, 0.1) is 17.6 Å². The summed E-state index contributed by atoms with van der Waals surface area (Å²) in [5.74, 6) is 0.683. The minimum Gasteiger partial charge on any atom is -0.321 e. The van der Waals surface area contributed by atoms with Crippen LogP contribution in [0.15, 0.2) is 12.3 Å². The van der Waals surface area contributed by atoms with E-state index in [-0.39, 0.29) is 6.03 Å². The first-order chi connectivity index (χ1) is 12.1. The number of fused-ring (bicyclic) bond motifs is 1. The molecule has 6 heteroatoms. The van der Waals surface area contributed by atoms with Gasteiger partial charge >= 0.3 is 6.03 Å². The molecular formula is C19H27N5O. The molecule has 2 amide bonds. The molecule has 3 heterocycles. The van der Waals surface area contributed by atoms with Crippen molar-refractivity contribution in [1.82, 2.24) is 19.7 Å². The Bertz CT molecular complexity index is 777. The van der Waals surface area contributed by atoms with Crippen molar-refractivity contribution in [1.29, 1.82) is 0 Å². The molecule has 1 saturated carbocycles. The quantitative estimate of drug-likeness (QED) is 0.902. The van der Waals surface area contributed by atoms with Gasteiger partial charge in [0, 0.05) is 25.0 Å². The number of amides is 2. The van der Waals surface area contributed by atoms with Crippen LogP contribution >= 0.6 is 0 Å². The smallest absolute Gasteiger partial charge is 0.321 e. The first-order valence-electron chi connectivity index (χ1n) is 9.50. The Kier molecular flexibility index (Phi) is 4.36. The molecule has 1 unspecified atom stereocenters. The molecule has 0 aromatic carbocycles. The summed E-state index contributed by atoms with van der Waals surface area (Å²) in [5.41, 5.74) is 2.53. The third kappa shape index (κ3) is 3.10. The molecule has 1 aliphatic carbocycles. The fourth-order valence-electron chi connectivity index (χ4n) is 4.63. The molecule has 25 heavy (non-hydrogen) atoms. The van der Waals surface area contributed by atoms with Gasteiger partial charge in [-0.15, -0.1) is 0 Å². The van der Waals surface area contributed by atoms with Gasteiger partial charge in [0.15, 0.2) is 5.65 Å². The zero-order valence-electron chi connectivity index (χ0n) is 15.2. The van der Waals surface area contributed by atoms with Gasteiger partial charge < -0.3 is 10.2 Å². The second kappa shape index (κ2) is 6.65. The van der Waals surface area contributed by atoms with E-state index in [4.69, 9.17) is 0 Å². The van der Waals surface area contributed by atoms with Crippen LogP contribution in [0.3, 0.4) is 0 Å². The molecule has 2 aromatic heterocycles. The van der Waals surface area contributed by atoms with Crippen molar-refractivity contribution in [3.05, 3.63) is 18.0 Å². The number of aromatic nitrogens is 3. The number of nitrogens with zero attached hydrogens (tertiary/aromatic N) is 4. The van der Waals surface area contributed by atoms with Crippen LogP contribution in [-0.2, 0) is 7.05 Å². The lowest BCUT2D eigenvalue weighted by Crippen LogP contribution is -2.43. The molecule has 2 aliphatic rings. The third-order valence-electron chi connectivity index (χ3n) is 5.87. The minimum absolute atomic E-state index is 0.0239. The average molecular weight is 341 g/mol. The van der Waals surface area contributed by atoms with E-state index in [1.54, 1.807) is 10.9 Å². The van der Waals surface area contributed by atoms with Crippen LogP contribution in [0.1, 0.15) is 50.6 Å². The Morgan fingerprint density at radius 1 is 1.20 bits per heavy atom. The topological polar surface area (TPSA) is 63.1 Å². The van der Waals surface area contributed by atoms with Gasteiger partial charge in [-0.2, -0.15) is 5.10 Å². The monoisotopic (exact) mass is 341 g/mol. The molecule has 0 spiro atoms. The molecule has 134 valence electrons. The van der Waals surface area contributed by atoms with Gasteiger partial charge in [0.1, 0.15) is 0 Å². The number of pyridine rings is 1. The summed E-state index contributed by atoms with van der Waals surface area (Å²) in [6, 6.07) is 2.42. The van der Waals surface area contributed by atoms with Gasteiger partial charge in [0.25, 0.3) is 0 Å². The van der Waals surface area contributed by atoms with Crippen molar-refractivity contribution < 1.29 is 4.79 Å². The summed E-state index contributed by atoms with van der Waals surface area (Å²) in [6.07, 6.45) is 10.5. The fourth-order valence-corrected chi connectivity index (χ4v) is 4.63. The lowest BCUT2D eigenvalue weighted by molar-refractivity contribution is 0.166. The van der Waals surface area contributed by atoms with E-state index < -0.39 is 0 Å². The number of rotatable bonds is 2. The van der Waals surface area contributed by atoms with E-state index in [9.17, 15) is 4.79 Å². The summed E-state index contributed by atoms with van der Waals surface area (Å²) in [7, 11) is 1.89. The van der Waals surface area contributed by atoms with Crippen LogP contribution in [0.2, 0.25) is 0 Å². The molecule has 4 rings (SSSR count). The van der Waals surface area contributed by atoms with Crippen molar-refractivity contribution in [3.8, 4) is 0 Å². The van der Waals surface area contributed by atoms with Gasteiger partial charge in [-0.3, -0.25) is 4.68 Å². The van der Waals surface area contributed by atoms with E-state index in [1.807, 2.05) is 20.0 Å². The highest BCUT2D eigenvalue weighted by atomic mass is 16.2. The lowest BCUT2D eigenvalue weighted by Gasteiger charge is -2.34. The number of aryl methyl sites for hydroxylation is 2. The molecule has 0 radical (unpaired) electrons. The van der Waals surface area contributed by atoms with Crippen LogP contribution in [-0.4, -0.2) is 38.3 Å². The van der Waals surface area contributed by atoms with Crippen molar-refractivity contribution >= 4 is 22.8 Å². The number of anilines is 1. The largest absolute Gasteiger partial charge is 0.322 e. The van der Waals surface area contributed by atoms with E-state index in [2.05, 4.69) is 20.3 Å². The van der Waals surface area contributed by atoms with Gasteiger partial charge in [-0.25, -0.2) is 9.78 Å². The minimum atomic E-state index is 0.0239. The summed E-state index contributed by atoms with van der Waals surface area (Å²) in [5, 5.41) is 8.45. The number of carbonyl (C=O) groups is 1. The van der Waals surface area contributed by atoms with E-state index >= 15 is 0 Å². The first kappa shape index (κ1) is 16.4. The zero-order chi connectivity index (χ0) is 17.4. The molecule has 1 N–H and O–H groups in total. The Balaban J connectivity index is 1.50. The normalized spacial score (nSPS) is 21.8. The van der Waals surface area contributed by atoms with Crippen LogP contribution in [0.25, 0.3) is 11.0 Å². The SMILES string of the molecule is Cc1nn(C)c2ncc(NC(=O)N3CCCC3C3CCCCC3)cc12. The zero-order valence-corrected chi connectivity index (χ0v) is 15.2. The predicted octanol–water partition coefficient (Wildman–Crippen LogP) is 3.85. The molecule has 1 aliphatic heterocycles. The van der Waals surface area contributed by atoms with Gasteiger partial charge in [-0.05, 0) is 44.6 Å². The van der Waals surface area contributed by atoms with Gasteiger partial charge in [-0.1, -0.05) is 19.3 Å². The summed E-state index contributed by atoms with van der Waals surface area (Å²) >= 11 is 0. The van der Waals surface area contributed by atoms with Crippen molar-refractivity contribution in [2.45, 2.75) is 57.9 Å². The fraction of sp³-hybridized carbons (Fsp3) is 0.632. The third-order valence-corrected chi connectivity index (χ3v) is 5.87.